The molecule has 96 valence electrons. The molecule has 1 heterocycles. The fourth-order valence-electron chi connectivity index (χ4n) is 2.00. The summed E-state index contributed by atoms with van der Waals surface area (Å²) in [5.74, 6) is 0.396. The van der Waals surface area contributed by atoms with Crippen LogP contribution in [0, 0.1) is 13.8 Å². The SMILES string of the molecule is CCc1nn(-c2cc(C)ccc2C)c(Cl)c1CCl. The molecule has 4 heteroatoms. The Labute approximate surface area is 118 Å². The van der Waals surface area contributed by atoms with Crippen molar-refractivity contribution in [2.75, 3.05) is 0 Å². The molecule has 2 nitrogen and oxygen atoms in total. The minimum atomic E-state index is 0.396. The van der Waals surface area contributed by atoms with Crippen LogP contribution in [-0.4, -0.2) is 9.78 Å². The van der Waals surface area contributed by atoms with Crippen LogP contribution >= 0.6 is 23.2 Å². The van der Waals surface area contributed by atoms with E-state index in [0.29, 0.717) is 11.0 Å². The zero-order chi connectivity index (χ0) is 13.3. The van der Waals surface area contributed by atoms with Crippen molar-refractivity contribution in [2.24, 2.45) is 0 Å². The molecule has 0 bridgehead atoms. The minimum Gasteiger partial charge on any atom is -0.221 e. The first-order valence-electron chi connectivity index (χ1n) is 5.98. The standard InChI is InChI=1S/C14H16Cl2N2/c1-4-12-11(8-15)14(16)18(17-12)13-7-9(2)5-6-10(13)3/h5-7H,4,8H2,1-3H3. The predicted molar refractivity (Wildman–Crippen MR) is 77.0 cm³/mol. The number of aromatic nitrogens is 2. The molecule has 0 saturated heterocycles. The van der Waals surface area contributed by atoms with Crippen molar-refractivity contribution in [1.82, 2.24) is 9.78 Å². The number of benzene rings is 1. The summed E-state index contributed by atoms with van der Waals surface area (Å²) in [6.07, 6.45) is 0.833. The Morgan fingerprint density at radius 2 is 2.00 bits per heavy atom. The summed E-state index contributed by atoms with van der Waals surface area (Å²) in [5, 5.41) is 5.19. The van der Waals surface area contributed by atoms with Gasteiger partial charge in [0.2, 0.25) is 0 Å². The van der Waals surface area contributed by atoms with E-state index < -0.39 is 0 Å². The Morgan fingerprint density at radius 3 is 2.56 bits per heavy atom. The van der Waals surface area contributed by atoms with Crippen LogP contribution in [-0.2, 0) is 12.3 Å². The molecule has 0 aliphatic rings. The van der Waals surface area contributed by atoms with Gasteiger partial charge in [0.1, 0.15) is 5.15 Å². The van der Waals surface area contributed by atoms with Gasteiger partial charge in [-0.1, -0.05) is 30.7 Å². The first-order valence-corrected chi connectivity index (χ1v) is 6.89. The summed E-state index contributed by atoms with van der Waals surface area (Å²) >= 11 is 12.3. The molecule has 2 aromatic rings. The lowest BCUT2D eigenvalue weighted by Crippen LogP contribution is -2.00. The quantitative estimate of drug-likeness (QED) is 0.761. The van der Waals surface area contributed by atoms with E-state index in [1.54, 1.807) is 4.68 Å². The van der Waals surface area contributed by atoms with Gasteiger partial charge in [-0.3, -0.25) is 0 Å². The summed E-state index contributed by atoms with van der Waals surface area (Å²) in [6.45, 7) is 6.17. The van der Waals surface area contributed by atoms with Gasteiger partial charge in [0.05, 0.1) is 17.3 Å². The maximum absolute atomic E-state index is 6.38. The van der Waals surface area contributed by atoms with Gasteiger partial charge < -0.3 is 0 Å². The van der Waals surface area contributed by atoms with Gasteiger partial charge in [0, 0.05) is 5.56 Å². The number of halogens is 2. The molecule has 0 spiro atoms. The van der Waals surface area contributed by atoms with Crippen molar-refractivity contribution in [3.63, 3.8) is 0 Å². The lowest BCUT2D eigenvalue weighted by Gasteiger charge is -2.08. The normalized spacial score (nSPS) is 10.9. The lowest BCUT2D eigenvalue weighted by molar-refractivity contribution is 0.835. The Bertz CT molecular complexity index is 573. The highest BCUT2D eigenvalue weighted by molar-refractivity contribution is 6.31. The van der Waals surface area contributed by atoms with Crippen LogP contribution in [0.4, 0.5) is 0 Å². The molecular formula is C14H16Cl2N2. The number of hydrogen-bond acceptors (Lipinski definition) is 1. The van der Waals surface area contributed by atoms with Gasteiger partial charge in [-0.15, -0.1) is 11.6 Å². The first-order chi connectivity index (χ1) is 8.58. The van der Waals surface area contributed by atoms with Crippen molar-refractivity contribution >= 4 is 23.2 Å². The summed E-state index contributed by atoms with van der Waals surface area (Å²) < 4.78 is 1.79. The van der Waals surface area contributed by atoms with Crippen molar-refractivity contribution in [3.05, 3.63) is 45.7 Å². The Balaban J connectivity index is 2.64. The molecule has 0 saturated carbocycles. The molecule has 0 amide bonds. The highest BCUT2D eigenvalue weighted by atomic mass is 35.5. The molecule has 0 radical (unpaired) electrons. The van der Waals surface area contributed by atoms with E-state index in [1.165, 1.54) is 5.56 Å². The number of rotatable bonds is 3. The summed E-state index contributed by atoms with van der Waals surface area (Å²) in [4.78, 5) is 0. The molecule has 18 heavy (non-hydrogen) atoms. The predicted octanol–water partition coefficient (Wildman–Crippen LogP) is 4.44. The number of alkyl halides is 1. The van der Waals surface area contributed by atoms with Crippen LogP contribution in [0.3, 0.4) is 0 Å². The highest BCUT2D eigenvalue weighted by Gasteiger charge is 2.16. The van der Waals surface area contributed by atoms with Crippen LogP contribution in [0.15, 0.2) is 18.2 Å². The molecule has 2 rings (SSSR count). The van der Waals surface area contributed by atoms with Crippen LogP contribution in [0.1, 0.15) is 29.3 Å². The fraction of sp³-hybridized carbons (Fsp3) is 0.357. The minimum absolute atomic E-state index is 0.396. The number of nitrogens with zero attached hydrogens (tertiary/aromatic N) is 2. The van der Waals surface area contributed by atoms with Crippen LogP contribution in [0.25, 0.3) is 5.69 Å². The number of aryl methyl sites for hydroxylation is 3. The third-order valence-electron chi connectivity index (χ3n) is 3.07. The second-order valence-electron chi connectivity index (χ2n) is 4.40. The van der Waals surface area contributed by atoms with E-state index in [4.69, 9.17) is 23.2 Å². The van der Waals surface area contributed by atoms with Crippen molar-refractivity contribution < 1.29 is 0 Å². The monoisotopic (exact) mass is 282 g/mol. The van der Waals surface area contributed by atoms with Crippen LogP contribution in [0.5, 0.6) is 0 Å². The molecule has 0 unspecified atom stereocenters. The summed E-state index contributed by atoms with van der Waals surface area (Å²) in [6, 6.07) is 6.25. The molecular weight excluding hydrogens is 267 g/mol. The van der Waals surface area contributed by atoms with E-state index in [0.717, 1.165) is 28.9 Å². The van der Waals surface area contributed by atoms with Gasteiger partial charge in [0.15, 0.2) is 0 Å². The summed E-state index contributed by atoms with van der Waals surface area (Å²) in [7, 11) is 0. The van der Waals surface area contributed by atoms with Gasteiger partial charge in [-0.05, 0) is 37.5 Å². The molecule has 0 atom stereocenters. The van der Waals surface area contributed by atoms with E-state index in [1.807, 2.05) is 0 Å². The maximum atomic E-state index is 6.38. The third-order valence-corrected chi connectivity index (χ3v) is 3.72. The van der Waals surface area contributed by atoms with Crippen molar-refractivity contribution in [3.8, 4) is 5.69 Å². The first kappa shape index (κ1) is 13.4. The van der Waals surface area contributed by atoms with Crippen molar-refractivity contribution in [2.45, 2.75) is 33.1 Å². The van der Waals surface area contributed by atoms with Gasteiger partial charge in [-0.25, -0.2) is 4.68 Å². The van der Waals surface area contributed by atoms with Gasteiger partial charge in [0.25, 0.3) is 0 Å². The molecule has 0 N–H and O–H groups in total. The van der Waals surface area contributed by atoms with E-state index in [9.17, 15) is 0 Å². The second kappa shape index (κ2) is 5.33. The topological polar surface area (TPSA) is 17.8 Å². The van der Waals surface area contributed by atoms with Gasteiger partial charge in [-0.2, -0.15) is 5.10 Å². The molecule has 1 aromatic carbocycles. The van der Waals surface area contributed by atoms with E-state index in [-0.39, 0.29) is 0 Å². The smallest absolute Gasteiger partial charge is 0.137 e. The second-order valence-corrected chi connectivity index (χ2v) is 5.03. The third kappa shape index (κ3) is 2.27. The van der Waals surface area contributed by atoms with Crippen LogP contribution in [0.2, 0.25) is 5.15 Å². The Kier molecular flexibility index (Phi) is 3.98. The van der Waals surface area contributed by atoms with Crippen LogP contribution < -0.4 is 0 Å². The molecule has 0 fully saturated rings. The fourth-order valence-corrected chi connectivity index (χ4v) is 2.65. The van der Waals surface area contributed by atoms with Crippen molar-refractivity contribution in [1.29, 1.82) is 0 Å². The largest absolute Gasteiger partial charge is 0.221 e. The average molecular weight is 283 g/mol. The molecule has 0 aliphatic carbocycles. The van der Waals surface area contributed by atoms with Gasteiger partial charge >= 0.3 is 0 Å². The molecule has 1 aromatic heterocycles. The zero-order valence-corrected chi connectivity index (χ0v) is 12.3. The van der Waals surface area contributed by atoms with E-state index >= 15 is 0 Å². The Morgan fingerprint density at radius 1 is 1.28 bits per heavy atom. The zero-order valence-electron chi connectivity index (χ0n) is 10.8. The van der Waals surface area contributed by atoms with E-state index in [2.05, 4.69) is 44.1 Å². The number of hydrogen-bond donors (Lipinski definition) is 0. The molecule has 0 aliphatic heterocycles. The highest BCUT2D eigenvalue weighted by Crippen LogP contribution is 2.27. The summed E-state index contributed by atoms with van der Waals surface area (Å²) in [5.41, 5.74) is 5.25. The lowest BCUT2D eigenvalue weighted by atomic mass is 10.1. The maximum Gasteiger partial charge on any atom is 0.137 e. The average Bonchev–Trinajstić information content (AvgIpc) is 2.68. The Hall–Kier alpha value is -0.990.